The van der Waals surface area contributed by atoms with Crippen LogP contribution in [0.2, 0.25) is 0 Å². The number of carboxylic acid groups (broad SMARTS) is 1. The first-order chi connectivity index (χ1) is 12.6. The summed E-state index contributed by atoms with van der Waals surface area (Å²) in [4.78, 5) is 26.2. The van der Waals surface area contributed by atoms with Crippen LogP contribution in [0.3, 0.4) is 0 Å². The standard InChI is InChI=1S/C22H23NO3/c24-21(12-17-11-18(17)15-7-3-1-4-8-15)23-13-19(20(14-23)22(25)26)16-9-5-2-6-10-16/h1-10,17-20H,11-14H2,(H,25,26)/t17-,18-,19?,20?/m0/s1. The van der Waals surface area contributed by atoms with Gasteiger partial charge in [0.1, 0.15) is 0 Å². The molecule has 26 heavy (non-hydrogen) atoms. The quantitative estimate of drug-likeness (QED) is 0.899. The van der Waals surface area contributed by atoms with Gasteiger partial charge in [0.15, 0.2) is 0 Å². The summed E-state index contributed by atoms with van der Waals surface area (Å²) >= 11 is 0. The van der Waals surface area contributed by atoms with Crippen molar-refractivity contribution in [2.75, 3.05) is 13.1 Å². The normalized spacial score (nSPS) is 27.3. The monoisotopic (exact) mass is 349 g/mol. The number of hydrogen-bond donors (Lipinski definition) is 1. The Hall–Kier alpha value is -2.62. The SMILES string of the molecule is O=C(O)C1CN(C(=O)C[C@@H]2C[C@H]2c2ccccc2)CC1c1ccccc1. The Morgan fingerprint density at radius 1 is 0.885 bits per heavy atom. The van der Waals surface area contributed by atoms with E-state index in [0.717, 1.165) is 12.0 Å². The van der Waals surface area contributed by atoms with E-state index in [-0.39, 0.29) is 11.8 Å². The number of nitrogens with zero attached hydrogens (tertiary/aromatic N) is 1. The predicted molar refractivity (Wildman–Crippen MR) is 98.8 cm³/mol. The minimum absolute atomic E-state index is 0.0955. The Bertz CT molecular complexity index is 790. The van der Waals surface area contributed by atoms with E-state index >= 15 is 0 Å². The molecule has 1 aliphatic carbocycles. The van der Waals surface area contributed by atoms with Crippen LogP contribution in [-0.2, 0) is 9.59 Å². The molecule has 1 saturated carbocycles. The highest BCUT2D eigenvalue weighted by molar-refractivity contribution is 5.80. The van der Waals surface area contributed by atoms with Crippen molar-refractivity contribution in [1.82, 2.24) is 4.90 Å². The van der Waals surface area contributed by atoms with Crippen LogP contribution in [0, 0.1) is 11.8 Å². The number of aliphatic carboxylic acids is 1. The van der Waals surface area contributed by atoms with E-state index in [1.54, 1.807) is 4.90 Å². The molecule has 2 aromatic carbocycles. The average molecular weight is 349 g/mol. The van der Waals surface area contributed by atoms with Crippen LogP contribution in [0.1, 0.15) is 35.8 Å². The molecule has 0 bridgehead atoms. The van der Waals surface area contributed by atoms with Gasteiger partial charge in [-0.2, -0.15) is 0 Å². The summed E-state index contributed by atoms with van der Waals surface area (Å²) in [5, 5.41) is 9.59. The zero-order valence-electron chi connectivity index (χ0n) is 14.6. The third-order valence-electron chi connectivity index (χ3n) is 5.80. The second kappa shape index (κ2) is 6.94. The van der Waals surface area contributed by atoms with Crippen LogP contribution in [-0.4, -0.2) is 35.0 Å². The highest BCUT2D eigenvalue weighted by atomic mass is 16.4. The molecule has 4 heteroatoms. The summed E-state index contributed by atoms with van der Waals surface area (Å²) in [5.74, 6) is -0.500. The Morgan fingerprint density at radius 3 is 2.04 bits per heavy atom. The molecule has 2 fully saturated rings. The third-order valence-corrected chi connectivity index (χ3v) is 5.80. The molecular formula is C22H23NO3. The van der Waals surface area contributed by atoms with E-state index in [1.165, 1.54) is 5.56 Å². The molecule has 134 valence electrons. The Labute approximate surface area is 153 Å². The number of benzene rings is 2. The molecule has 1 aliphatic heterocycles. The van der Waals surface area contributed by atoms with E-state index in [1.807, 2.05) is 48.5 Å². The summed E-state index contributed by atoms with van der Waals surface area (Å²) in [6, 6.07) is 20.0. The number of likely N-dealkylation sites (tertiary alicyclic amines) is 1. The van der Waals surface area contributed by atoms with E-state index in [0.29, 0.717) is 31.3 Å². The minimum Gasteiger partial charge on any atom is -0.481 e. The molecular weight excluding hydrogens is 326 g/mol. The Kier molecular flexibility index (Phi) is 4.49. The maximum absolute atomic E-state index is 12.8. The van der Waals surface area contributed by atoms with Gasteiger partial charge in [-0.15, -0.1) is 0 Å². The smallest absolute Gasteiger partial charge is 0.308 e. The van der Waals surface area contributed by atoms with Gasteiger partial charge in [-0.05, 0) is 29.4 Å². The molecule has 4 rings (SSSR count). The molecule has 1 amide bonds. The molecule has 1 heterocycles. The first-order valence-corrected chi connectivity index (χ1v) is 9.24. The lowest BCUT2D eigenvalue weighted by Crippen LogP contribution is -2.30. The molecule has 0 aromatic heterocycles. The lowest BCUT2D eigenvalue weighted by Gasteiger charge is -2.16. The molecule has 4 nitrogen and oxygen atoms in total. The Morgan fingerprint density at radius 2 is 1.46 bits per heavy atom. The van der Waals surface area contributed by atoms with Crippen molar-refractivity contribution < 1.29 is 14.7 Å². The zero-order valence-corrected chi connectivity index (χ0v) is 14.6. The van der Waals surface area contributed by atoms with Gasteiger partial charge in [0.25, 0.3) is 0 Å². The van der Waals surface area contributed by atoms with Gasteiger partial charge in [-0.1, -0.05) is 60.7 Å². The van der Waals surface area contributed by atoms with Gasteiger partial charge >= 0.3 is 5.97 Å². The first-order valence-electron chi connectivity index (χ1n) is 9.24. The molecule has 0 spiro atoms. The summed E-state index contributed by atoms with van der Waals surface area (Å²) in [6.45, 7) is 0.818. The fraction of sp³-hybridized carbons (Fsp3) is 0.364. The van der Waals surface area contributed by atoms with Crippen molar-refractivity contribution in [1.29, 1.82) is 0 Å². The van der Waals surface area contributed by atoms with Gasteiger partial charge in [-0.3, -0.25) is 9.59 Å². The molecule has 0 radical (unpaired) electrons. The molecule has 1 saturated heterocycles. The van der Waals surface area contributed by atoms with Crippen molar-refractivity contribution in [2.24, 2.45) is 11.8 Å². The van der Waals surface area contributed by atoms with Crippen molar-refractivity contribution in [3.8, 4) is 0 Å². The molecule has 2 aromatic rings. The van der Waals surface area contributed by atoms with Crippen molar-refractivity contribution in [3.63, 3.8) is 0 Å². The van der Waals surface area contributed by atoms with Crippen LogP contribution < -0.4 is 0 Å². The first kappa shape index (κ1) is 16.8. The second-order valence-corrected chi connectivity index (χ2v) is 7.48. The highest BCUT2D eigenvalue weighted by Gasteiger charge is 2.44. The average Bonchev–Trinajstić information content (AvgIpc) is 3.28. The van der Waals surface area contributed by atoms with E-state index in [2.05, 4.69) is 12.1 Å². The number of hydrogen-bond acceptors (Lipinski definition) is 2. The van der Waals surface area contributed by atoms with Crippen molar-refractivity contribution in [3.05, 3.63) is 71.8 Å². The van der Waals surface area contributed by atoms with Gasteiger partial charge in [-0.25, -0.2) is 0 Å². The van der Waals surface area contributed by atoms with Crippen LogP contribution in [0.5, 0.6) is 0 Å². The summed E-state index contributed by atoms with van der Waals surface area (Å²) in [7, 11) is 0. The van der Waals surface area contributed by atoms with Crippen LogP contribution >= 0.6 is 0 Å². The number of carboxylic acids is 1. The third kappa shape index (κ3) is 3.36. The van der Waals surface area contributed by atoms with Crippen LogP contribution in [0.4, 0.5) is 0 Å². The van der Waals surface area contributed by atoms with E-state index in [4.69, 9.17) is 0 Å². The van der Waals surface area contributed by atoms with Gasteiger partial charge in [0, 0.05) is 25.4 Å². The molecule has 4 atom stereocenters. The predicted octanol–water partition coefficient (Wildman–Crippen LogP) is 3.51. The maximum Gasteiger partial charge on any atom is 0.308 e. The lowest BCUT2D eigenvalue weighted by atomic mass is 9.89. The van der Waals surface area contributed by atoms with Crippen molar-refractivity contribution >= 4 is 11.9 Å². The Balaban J connectivity index is 1.40. The van der Waals surface area contributed by atoms with E-state index in [9.17, 15) is 14.7 Å². The zero-order chi connectivity index (χ0) is 18.1. The summed E-state index contributed by atoms with van der Waals surface area (Å²) in [5.41, 5.74) is 2.31. The fourth-order valence-electron chi connectivity index (χ4n) is 4.23. The topological polar surface area (TPSA) is 57.6 Å². The second-order valence-electron chi connectivity index (χ2n) is 7.48. The molecule has 1 N–H and O–H groups in total. The maximum atomic E-state index is 12.8. The lowest BCUT2D eigenvalue weighted by molar-refractivity contribution is -0.141. The summed E-state index contributed by atoms with van der Waals surface area (Å²) < 4.78 is 0. The van der Waals surface area contributed by atoms with Crippen molar-refractivity contribution in [2.45, 2.75) is 24.7 Å². The molecule has 2 unspecified atom stereocenters. The number of amides is 1. The number of carbonyl (C=O) groups is 2. The van der Waals surface area contributed by atoms with Crippen LogP contribution in [0.25, 0.3) is 0 Å². The van der Waals surface area contributed by atoms with E-state index < -0.39 is 11.9 Å². The number of rotatable bonds is 5. The summed E-state index contributed by atoms with van der Waals surface area (Å²) in [6.07, 6.45) is 1.57. The fourth-order valence-corrected chi connectivity index (χ4v) is 4.23. The van der Waals surface area contributed by atoms with Crippen LogP contribution in [0.15, 0.2) is 60.7 Å². The van der Waals surface area contributed by atoms with Gasteiger partial charge in [0.05, 0.1) is 5.92 Å². The minimum atomic E-state index is -0.817. The molecule has 2 aliphatic rings. The highest BCUT2D eigenvalue weighted by Crippen LogP contribution is 2.50. The number of carbonyl (C=O) groups excluding carboxylic acids is 1. The van der Waals surface area contributed by atoms with Gasteiger partial charge in [0.2, 0.25) is 5.91 Å². The largest absolute Gasteiger partial charge is 0.481 e. The van der Waals surface area contributed by atoms with Gasteiger partial charge < -0.3 is 10.0 Å².